The zero-order chi connectivity index (χ0) is 18.6. The summed E-state index contributed by atoms with van der Waals surface area (Å²) in [4.78, 5) is 15.1. The molecule has 0 bridgehead atoms. The standard InChI is InChI=1S/C23H23FN2O/c24-20-12-10-17(11-13-20)15-26-14-4-7-19(16-26)23(27)25-22-9-3-6-18-5-1-2-8-21(18)22/h1-3,5-6,8-13,19H,4,7,14-16H2,(H,25,27)/t19-/m1/s1. The van der Waals surface area contributed by atoms with E-state index < -0.39 is 0 Å². The summed E-state index contributed by atoms with van der Waals surface area (Å²) in [6, 6.07) is 20.7. The van der Waals surface area contributed by atoms with Crippen LogP contribution in [0.3, 0.4) is 0 Å². The second-order valence-electron chi connectivity index (χ2n) is 7.22. The lowest BCUT2D eigenvalue weighted by atomic mass is 9.96. The summed E-state index contributed by atoms with van der Waals surface area (Å²) in [5, 5.41) is 5.32. The summed E-state index contributed by atoms with van der Waals surface area (Å²) in [5.74, 6) is -0.168. The fraction of sp³-hybridized carbons (Fsp3) is 0.261. The Labute approximate surface area is 158 Å². The van der Waals surface area contributed by atoms with E-state index in [0.717, 1.165) is 54.5 Å². The van der Waals surface area contributed by atoms with Crippen LogP contribution in [-0.2, 0) is 11.3 Å². The number of rotatable bonds is 4. The largest absolute Gasteiger partial charge is 0.325 e. The van der Waals surface area contributed by atoms with Crippen LogP contribution in [0.2, 0.25) is 0 Å². The number of hydrogen-bond acceptors (Lipinski definition) is 2. The molecule has 1 atom stereocenters. The van der Waals surface area contributed by atoms with Gasteiger partial charge in [0.15, 0.2) is 0 Å². The van der Waals surface area contributed by atoms with Crippen molar-refractivity contribution in [2.24, 2.45) is 5.92 Å². The number of hydrogen-bond donors (Lipinski definition) is 1. The third-order valence-corrected chi connectivity index (χ3v) is 5.24. The number of fused-ring (bicyclic) bond motifs is 1. The molecule has 1 saturated heterocycles. The molecule has 0 aromatic heterocycles. The van der Waals surface area contributed by atoms with Gasteiger partial charge in [0.1, 0.15) is 5.82 Å². The van der Waals surface area contributed by atoms with Gasteiger partial charge in [0, 0.05) is 24.2 Å². The van der Waals surface area contributed by atoms with E-state index in [1.165, 1.54) is 12.1 Å². The van der Waals surface area contributed by atoms with Crippen molar-refractivity contribution in [3.63, 3.8) is 0 Å². The predicted molar refractivity (Wildman–Crippen MR) is 107 cm³/mol. The molecule has 1 aliphatic heterocycles. The molecule has 27 heavy (non-hydrogen) atoms. The third-order valence-electron chi connectivity index (χ3n) is 5.24. The molecular formula is C23H23FN2O. The van der Waals surface area contributed by atoms with Gasteiger partial charge in [0.2, 0.25) is 5.91 Å². The van der Waals surface area contributed by atoms with Crippen molar-refractivity contribution in [1.29, 1.82) is 0 Å². The average molecular weight is 362 g/mol. The topological polar surface area (TPSA) is 32.3 Å². The number of anilines is 1. The van der Waals surface area contributed by atoms with Crippen molar-refractivity contribution in [2.45, 2.75) is 19.4 Å². The molecule has 1 fully saturated rings. The molecule has 0 radical (unpaired) electrons. The number of likely N-dealkylation sites (tertiary alicyclic amines) is 1. The monoisotopic (exact) mass is 362 g/mol. The smallest absolute Gasteiger partial charge is 0.228 e. The number of carbonyl (C=O) groups is 1. The summed E-state index contributed by atoms with van der Waals surface area (Å²) >= 11 is 0. The van der Waals surface area contributed by atoms with E-state index in [1.54, 1.807) is 0 Å². The van der Waals surface area contributed by atoms with E-state index in [2.05, 4.69) is 22.3 Å². The first-order valence-electron chi connectivity index (χ1n) is 9.44. The van der Waals surface area contributed by atoms with Gasteiger partial charge < -0.3 is 5.32 Å². The molecule has 3 aromatic rings. The molecule has 1 N–H and O–H groups in total. The highest BCUT2D eigenvalue weighted by Crippen LogP contribution is 2.25. The predicted octanol–water partition coefficient (Wildman–Crippen LogP) is 4.83. The molecule has 0 spiro atoms. The highest BCUT2D eigenvalue weighted by Gasteiger charge is 2.26. The van der Waals surface area contributed by atoms with Gasteiger partial charge in [-0.3, -0.25) is 9.69 Å². The number of carbonyl (C=O) groups excluding carboxylic acids is 1. The first kappa shape index (κ1) is 17.7. The first-order chi connectivity index (χ1) is 13.2. The minimum absolute atomic E-state index is 0.0295. The van der Waals surface area contributed by atoms with Crippen LogP contribution in [0.15, 0.2) is 66.7 Å². The van der Waals surface area contributed by atoms with Crippen molar-refractivity contribution in [2.75, 3.05) is 18.4 Å². The van der Waals surface area contributed by atoms with E-state index in [1.807, 2.05) is 42.5 Å². The Balaban J connectivity index is 1.43. The van der Waals surface area contributed by atoms with Gasteiger partial charge in [0.05, 0.1) is 5.92 Å². The fourth-order valence-electron chi connectivity index (χ4n) is 3.83. The van der Waals surface area contributed by atoms with Gasteiger partial charge in [-0.15, -0.1) is 0 Å². The summed E-state index contributed by atoms with van der Waals surface area (Å²) in [6.45, 7) is 2.45. The number of halogens is 1. The second kappa shape index (κ2) is 7.89. The molecule has 0 unspecified atom stereocenters. The van der Waals surface area contributed by atoms with Crippen molar-refractivity contribution in [1.82, 2.24) is 4.90 Å². The van der Waals surface area contributed by atoms with Gasteiger partial charge in [-0.2, -0.15) is 0 Å². The zero-order valence-corrected chi connectivity index (χ0v) is 15.2. The molecule has 3 nitrogen and oxygen atoms in total. The number of piperidine rings is 1. The lowest BCUT2D eigenvalue weighted by Gasteiger charge is -2.32. The molecule has 138 valence electrons. The molecule has 4 rings (SSSR count). The van der Waals surface area contributed by atoms with Crippen molar-refractivity contribution >= 4 is 22.4 Å². The summed E-state index contributed by atoms with van der Waals surface area (Å²) in [7, 11) is 0. The van der Waals surface area contributed by atoms with Crippen LogP contribution in [0.4, 0.5) is 10.1 Å². The van der Waals surface area contributed by atoms with Crippen LogP contribution in [0.5, 0.6) is 0 Å². The number of benzene rings is 3. The Bertz CT molecular complexity index is 933. The van der Waals surface area contributed by atoms with Gasteiger partial charge in [-0.25, -0.2) is 4.39 Å². The fourth-order valence-corrected chi connectivity index (χ4v) is 3.83. The van der Waals surface area contributed by atoms with Crippen LogP contribution < -0.4 is 5.32 Å². The van der Waals surface area contributed by atoms with Gasteiger partial charge in [-0.05, 0) is 48.5 Å². The highest BCUT2D eigenvalue weighted by molar-refractivity contribution is 6.02. The molecule has 0 saturated carbocycles. The Morgan fingerprint density at radius 3 is 2.67 bits per heavy atom. The molecule has 1 heterocycles. The lowest BCUT2D eigenvalue weighted by Crippen LogP contribution is -2.40. The SMILES string of the molecule is O=C(Nc1cccc2ccccc12)[C@@H]1CCCN(Cc2ccc(F)cc2)C1. The summed E-state index contributed by atoms with van der Waals surface area (Å²) < 4.78 is 13.1. The van der Waals surface area contributed by atoms with Crippen molar-refractivity contribution < 1.29 is 9.18 Å². The van der Waals surface area contributed by atoms with Crippen LogP contribution >= 0.6 is 0 Å². The molecule has 3 aromatic carbocycles. The maximum atomic E-state index is 13.1. The average Bonchev–Trinajstić information content (AvgIpc) is 2.70. The zero-order valence-electron chi connectivity index (χ0n) is 15.2. The van der Waals surface area contributed by atoms with E-state index in [4.69, 9.17) is 0 Å². The minimum atomic E-state index is -0.218. The van der Waals surface area contributed by atoms with Crippen molar-refractivity contribution in [3.05, 3.63) is 78.1 Å². The third kappa shape index (κ3) is 4.17. The minimum Gasteiger partial charge on any atom is -0.325 e. The Kier molecular flexibility index (Phi) is 5.16. The molecule has 0 aliphatic carbocycles. The molecule has 4 heteroatoms. The van der Waals surface area contributed by atoms with E-state index in [0.29, 0.717) is 0 Å². The van der Waals surface area contributed by atoms with E-state index in [-0.39, 0.29) is 17.6 Å². The summed E-state index contributed by atoms with van der Waals surface area (Å²) in [5.41, 5.74) is 1.94. The van der Waals surface area contributed by atoms with Crippen LogP contribution in [-0.4, -0.2) is 23.9 Å². The molecule has 1 aliphatic rings. The number of nitrogens with zero attached hydrogens (tertiary/aromatic N) is 1. The van der Waals surface area contributed by atoms with Gasteiger partial charge >= 0.3 is 0 Å². The maximum absolute atomic E-state index is 13.1. The van der Waals surface area contributed by atoms with Gasteiger partial charge in [0.25, 0.3) is 0 Å². The Hall–Kier alpha value is -2.72. The van der Waals surface area contributed by atoms with Crippen LogP contribution in [0.1, 0.15) is 18.4 Å². The molecular weight excluding hydrogens is 339 g/mol. The van der Waals surface area contributed by atoms with Gasteiger partial charge in [-0.1, -0.05) is 48.5 Å². The highest BCUT2D eigenvalue weighted by atomic mass is 19.1. The Morgan fingerprint density at radius 2 is 1.81 bits per heavy atom. The quantitative estimate of drug-likeness (QED) is 0.721. The van der Waals surface area contributed by atoms with E-state index >= 15 is 0 Å². The molecule has 1 amide bonds. The summed E-state index contributed by atoms with van der Waals surface area (Å²) in [6.07, 6.45) is 1.89. The number of amides is 1. The first-order valence-corrected chi connectivity index (χ1v) is 9.44. The van der Waals surface area contributed by atoms with E-state index in [9.17, 15) is 9.18 Å². The number of nitrogens with one attached hydrogen (secondary N) is 1. The van der Waals surface area contributed by atoms with Crippen LogP contribution in [0.25, 0.3) is 10.8 Å². The second-order valence-corrected chi connectivity index (χ2v) is 7.22. The normalized spacial score (nSPS) is 17.7. The maximum Gasteiger partial charge on any atom is 0.228 e. The van der Waals surface area contributed by atoms with Crippen molar-refractivity contribution in [3.8, 4) is 0 Å². The van der Waals surface area contributed by atoms with Crippen LogP contribution in [0, 0.1) is 11.7 Å². The Morgan fingerprint density at radius 1 is 1.04 bits per heavy atom. The lowest BCUT2D eigenvalue weighted by molar-refractivity contribution is -0.121.